The van der Waals surface area contributed by atoms with E-state index >= 15 is 0 Å². The van der Waals surface area contributed by atoms with Crippen molar-refractivity contribution < 1.29 is 4.39 Å². The molecule has 0 spiro atoms. The molecule has 0 aliphatic rings. The molecule has 4 nitrogen and oxygen atoms in total. The molecule has 2 heterocycles. The Kier molecular flexibility index (Phi) is 3.90. The maximum atomic E-state index is 13.7. The molecular weight excluding hydrogens is 315 g/mol. The van der Waals surface area contributed by atoms with Gasteiger partial charge < -0.3 is 5.32 Å². The molecule has 5 heteroatoms. The molecular formula is C20H17FN4. The van der Waals surface area contributed by atoms with Gasteiger partial charge in [0.25, 0.3) is 0 Å². The Balaban J connectivity index is 1.75. The van der Waals surface area contributed by atoms with Gasteiger partial charge >= 0.3 is 0 Å². The molecule has 0 aliphatic carbocycles. The number of nitrogens with one attached hydrogen (secondary N) is 1. The summed E-state index contributed by atoms with van der Waals surface area (Å²) >= 11 is 0. The lowest BCUT2D eigenvalue weighted by atomic mass is 10.1. The normalized spacial score (nSPS) is 11.0. The van der Waals surface area contributed by atoms with Crippen LogP contribution in [0.25, 0.3) is 17.0 Å². The molecule has 0 saturated heterocycles. The number of halogens is 1. The van der Waals surface area contributed by atoms with Crippen LogP contribution in [0.15, 0.2) is 67.0 Å². The molecule has 0 saturated carbocycles. The van der Waals surface area contributed by atoms with E-state index in [4.69, 9.17) is 0 Å². The van der Waals surface area contributed by atoms with Crippen LogP contribution in [0.1, 0.15) is 11.1 Å². The fraction of sp³-hybridized carbons (Fsp3) is 0.100. The van der Waals surface area contributed by atoms with Gasteiger partial charge in [-0.25, -0.2) is 14.4 Å². The zero-order valence-electron chi connectivity index (χ0n) is 13.8. The molecule has 25 heavy (non-hydrogen) atoms. The SMILES string of the molecule is Cc1ccc(CNc2c(-c3cccc(F)c3)nc3ncccn23)cc1. The minimum atomic E-state index is -0.285. The zero-order chi connectivity index (χ0) is 17.2. The summed E-state index contributed by atoms with van der Waals surface area (Å²) in [7, 11) is 0. The summed E-state index contributed by atoms with van der Waals surface area (Å²) in [5.41, 5.74) is 3.79. The van der Waals surface area contributed by atoms with Crippen LogP contribution in [-0.2, 0) is 6.54 Å². The van der Waals surface area contributed by atoms with Gasteiger partial charge in [-0.3, -0.25) is 4.40 Å². The summed E-state index contributed by atoms with van der Waals surface area (Å²) in [5.74, 6) is 1.09. The van der Waals surface area contributed by atoms with Crippen molar-refractivity contribution in [2.45, 2.75) is 13.5 Å². The number of anilines is 1. The third kappa shape index (κ3) is 3.08. The van der Waals surface area contributed by atoms with E-state index in [1.807, 2.05) is 22.7 Å². The van der Waals surface area contributed by atoms with E-state index < -0.39 is 0 Å². The van der Waals surface area contributed by atoms with E-state index in [-0.39, 0.29) is 5.82 Å². The molecule has 0 bridgehead atoms. The van der Waals surface area contributed by atoms with E-state index in [0.29, 0.717) is 18.0 Å². The monoisotopic (exact) mass is 332 g/mol. The predicted molar refractivity (Wildman–Crippen MR) is 96.9 cm³/mol. The summed E-state index contributed by atoms with van der Waals surface area (Å²) in [6, 6.07) is 16.6. The first-order chi connectivity index (χ1) is 12.2. The second kappa shape index (κ2) is 6.36. The van der Waals surface area contributed by atoms with E-state index in [2.05, 4.69) is 46.5 Å². The Bertz CT molecular complexity index is 1020. The maximum absolute atomic E-state index is 13.7. The number of hydrogen-bond acceptors (Lipinski definition) is 3. The van der Waals surface area contributed by atoms with Crippen LogP contribution in [0.5, 0.6) is 0 Å². The van der Waals surface area contributed by atoms with Gasteiger partial charge in [0.1, 0.15) is 17.3 Å². The number of fused-ring (bicyclic) bond motifs is 1. The molecule has 2 aromatic heterocycles. The Hall–Kier alpha value is -3.21. The average Bonchev–Trinajstić information content (AvgIpc) is 3.00. The van der Waals surface area contributed by atoms with E-state index in [1.54, 1.807) is 12.3 Å². The number of aromatic nitrogens is 3. The van der Waals surface area contributed by atoms with Crippen LogP contribution in [0, 0.1) is 12.7 Å². The highest BCUT2D eigenvalue weighted by Gasteiger charge is 2.15. The first-order valence-corrected chi connectivity index (χ1v) is 8.09. The summed E-state index contributed by atoms with van der Waals surface area (Å²) < 4.78 is 15.5. The smallest absolute Gasteiger partial charge is 0.235 e. The van der Waals surface area contributed by atoms with Gasteiger partial charge in [-0.15, -0.1) is 0 Å². The Morgan fingerprint density at radius 1 is 1.08 bits per heavy atom. The Morgan fingerprint density at radius 2 is 1.92 bits per heavy atom. The molecule has 0 radical (unpaired) electrons. The third-order valence-electron chi connectivity index (χ3n) is 4.08. The summed E-state index contributed by atoms with van der Waals surface area (Å²) in [4.78, 5) is 8.87. The maximum Gasteiger partial charge on any atom is 0.235 e. The highest BCUT2D eigenvalue weighted by atomic mass is 19.1. The van der Waals surface area contributed by atoms with E-state index in [9.17, 15) is 4.39 Å². The van der Waals surface area contributed by atoms with Gasteiger partial charge in [0.15, 0.2) is 0 Å². The highest BCUT2D eigenvalue weighted by molar-refractivity contribution is 5.75. The summed E-state index contributed by atoms with van der Waals surface area (Å²) in [6.07, 6.45) is 3.59. The standard InChI is InChI=1S/C20H17FN4/c1-14-6-8-15(9-7-14)13-23-19-18(16-4-2-5-17(21)12-16)24-20-22-10-3-11-25(19)20/h2-12,23H,13H2,1H3. The lowest BCUT2D eigenvalue weighted by Gasteiger charge is -2.09. The molecule has 0 atom stereocenters. The fourth-order valence-electron chi connectivity index (χ4n) is 2.79. The van der Waals surface area contributed by atoms with Crippen molar-refractivity contribution in [1.29, 1.82) is 0 Å². The van der Waals surface area contributed by atoms with Crippen molar-refractivity contribution >= 4 is 11.6 Å². The van der Waals surface area contributed by atoms with Gasteiger partial charge in [-0.1, -0.05) is 42.0 Å². The van der Waals surface area contributed by atoms with Crippen LogP contribution in [0.3, 0.4) is 0 Å². The Labute approximate surface area is 145 Å². The summed E-state index contributed by atoms with van der Waals surface area (Å²) in [5, 5.41) is 3.43. The van der Waals surface area contributed by atoms with Crippen molar-refractivity contribution in [3.8, 4) is 11.3 Å². The molecule has 0 amide bonds. The van der Waals surface area contributed by atoms with Gasteiger partial charge in [-0.2, -0.15) is 0 Å². The number of rotatable bonds is 4. The van der Waals surface area contributed by atoms with Crippen LogP contribution < -0.4 is 5.32 Å². The molecule has 0 fully saturated rings. The highest BCUT2D eigenvalue weighted by Crippen LogP contribution is 2.29. The second-order valence-electron chi connectivity index (χ2n) is 5.95. The first kappa shape index (κ1) is 15.3. The average molecular weight is 332 g/mol. The van der Waals surface area contributed by atoms with Crippen LogP contribution in [0.4, 0.5) is 10.2 Å². The molecule has 2 aromatic carbocycles. The van der Waals surface area contributed by atoms with Crippen molar-refractivity contribution in [2.75, 3.05) is 5.32 Å². The molecule has 0 aliphatic heterocycles. The molecule has 4 aromatic rings. The van der Waals surface area contributed by atoms with Crippen molar-refractivity contribution in [3.05, 3.63) is 83.9 Å². The summed E-state index contributed by atoms with van der Waals surface area (Å²) in [6.45, 7) is 2.71. The molecule has 124 valence electrons. The van der Waals surface area contributed by atoms with Gasteiger partial charge in [0.2, 0.25) is 5.78 Å². The van der Waals surface area contributed by atoms with E-state index in [1.165, 1.54) is 17.7 Å². The van der Waals surface area contributed by atoms with Gasteiger partial charge in [0.05, 0.1) is 0 Å². The zero-order valence-corrected chi connectivity index (χ0v) is 13.8. The molecule has 0 unspecified atom stereocenters. The third-order valence-corrected chi connectivity index (χ3v) is 4.08. The molecule has 1 N–H and O–H groups in total. The minimum absolute atomic E-state index is 0.285. The number of hydrogen-bond donors (Lipinski definition) is 1. The van der Waals surface area contributed by atoms with E-state index in [0.717, 1.165) is 16.9 Å². The van der Waals surface area contributed by atoms with Crippen molar-refractivity contribution in [1.82, 2.24) is 14.4 Å². The number of benzene rings is 2. The fourth-order valence-corrected chi connectivity index (χ4v) is 2.79. The largest absolute Gasteiger partial charge is 0.365 e. The van der Waals surface area contributed by atoms with Crippen LogP contribution >= 0.6 is 0 Å². The lowest BCUT2D eigenvalue weighted by Crippen LogP contribution is -2.03. The topological polar surface area (TPSA) is 42.2 Å². The van der Waals surface area contributed by atoms with Gasteiger partial charge in [-0.05, 0) is 30.7 Å². The van der Waals surface area contributed by atoms with Crippen molar-refractivity contribution in [3.63, 3.8) is 0 Å². The Morgan fingerprint density at radius 3 is 2.72 bits per heavy atom. The molecule has 4 rings (SSSR count). The number of nitrogens with zero attached hydrogens (tertiary/aromatic N) is 3. The first-order valence-electron chi connectivity index (χ1n) is 8.09. The quantitative estimate of drug-likeness (QED) is 0.600. The lowest BCUT2D eigenvalue weighted by molar-refractivity contribution is 0.628. The minimum Gasteiger partial charge on any atom is -0.365 e. The van der Waals surface area contributed by atoms with Crippen molar-refractivity contribution in [2.24, 2.45) is 0 Å². The number of aryl methyl sites for hydroxylation is 1. The number of imidazole rings is 1. The van der Waals surface area contributed by atoms with Gasteiger partial charge in [0, 0.05) is 24.5 Å². The second-order valence-corrected chi connectivity index (χ2v) is 5.95. The van der Waals surface area contributed by atoms with Crippen LogP contribution in [-0.4, -0.2) is 14.4 Å². The van der Waals surface area contributed by atoms with Crippen LogP contribution in [0.2, 0.25) is 0 Å². The predicted octanol–water partition coefficient (Wildman–Crippen LogP) is 4.46.